The van der Waals surface area contributed by atoms with Crippen molar-refractivity contribution in [1.29, 1.82) is 0 Å². The molecule has 4 rings (SSSR count). The van der Waals surface area contributed by atoms with Gasteiger partial charge in [-0.3, -0.25) is 14.9 Å². The zero-order valence-corrected chi connectivity index (χ0v) is 14.1. The van der Waals surface area contributed by atoms with Crippen molar-refractivity contribution in [1.82, 2.24) is 25.1 Å². The predicted octanol–water partition coefficient (Wildman–Crippen LogP) is 2.26. The number of hydrogen-bond acceptors (Lipinski definition) is 5. The molecule has 1 fully saturated rings. The molecule has 7 nitrogen and oxygen atoms in total. The van der Waals surface area contributed by atoms with Crippen LogP contribution in [0, 0.1) is 6.92 Å². The first kappa shape index (κ1) is 15.7. The maximum Gasteiger partial charge on any atom is 0.256 e. The summed E-state index contributed by atoms with van der Waals surface area (Å²) in [5, 5.41) is 7.75. The fraction of sp³-hybridized carbons (Fsp3) is 0.333. The average Bonchev–Trinajstić information content (AvgIpc) is 3.29. The number of amides is 1. The highest BCUT2D eigenvalue weighted by Gasteiger charge is 2.38. The van der Waals surface area contributed by atoms with Gasteiger partial charge in [-0.15, -0.1) is 0 Å². The third-order valence-electron chi connectivity index (χ3n) is 4.70. The molecule has 2 atom stereocenters. The summed E-state index contributed by atoms with van der Waals surface area (Å²) in [4.78, 5) is 23.9. The third kappa shape index (κ3) is 2.76. The number of methoxy groups -OCH3 is 1. The van der Waals surface area contributed by atoms with Crippen molar-refractivity contribution in [2.75, 3.05) is 13.7 Å². The molecule has 1 amide bonds. The molecule has 0 saturated carbocycles. The van der Waals surface area contributed by atoms with Gasteiger partial charge in [0.1, 0.15) is 12.2 Å². The van der Waals surface area contributed by atoms with Crippen molar-refractivity contribution in [2.24, 2.45) is 0 Å². The topological polar surface area (TPSA) is 84.0 Å². The Bertz CT molecular complexity index is 909. The lowest BCUT2D eigenvalue weighted by Gasteiger charge is -2.23. The van der Waals surface area contributed by atoms with Crippen molar-refractivity contribution in [2.45, 2.75) is 25.5 Å². The van der Waals surface area contributed by atoms with Crippen LogP contribution in [0.5, 0.6) is 0 Å². The number of nitrogens with one attached hydrogen (secondary N) is 1. The molecule has 25 heavy (non-hydrogen) atoms. The van der Waals surface area contributed by atoms with Crippen molar-refractivity contribution in [3.05, 3.63) is 53.7 Å². The van der Waals surface area contributed by atoms with Crippen LogP contribution in [0.25, 0.3) is 10.9 Å². The molecule has 1 saturated heterocycles. The number of rotatable bonds is 3. The minimum absolute atomic E-state index is 0.0243. The number of benzene rings is 1. The molecule has 0 radical (unpaired) electrons. The van der Waals surface area contributed by atoms with Crippen LogP contribution in [0.4, 0.5) is 0 Å². The number of nitrogens with zero attached hydrogens (tertiary/aromatic N) is 4. The van der Waals surface area contributed by atoms with Gasteiger partial charge in [0, 0.05) is 31.2 Å². The minimum atomic E-state index is -0.181. The molecule has 3 heterocycles. The molecule has 1 aliphatic rings. The van der Waals surface area contributed by atoms with Gasteiger partial charge in [-0.2, -0.15) is 5.10 Å². The summed E-state index contributed by atoms with van der Waals surface area (Å²) in [7, 11) is 1.67. The van der Waals surface area contributed by atoms with Gasteiger partial charge in [-0.1, -0.05) is 18.2 Å². The number of aromatic amines is 1. The molecule has 0 aliphatic carbocycles. The molecule has 1 aliphatic heterocycles. The Hall–Kier alpha value is -2.80. The molecule has 3 aromatic rings. The van der Waals surface area contributed by atoms with E-state index in [1.807, 2.05) is 37.3 Å². The van der Waals surface area contributed by atoms with Crippen LogP contribution in [-0.2, 0) is 4.74 Å². The molecular weight excluding hydrogens is 318 g/mol. The summed E-state index contributed by atoms with van der Waals surface area (Å²) in [6.45, 7) is 2.44. The summed E-state index contributed by atoms with van der Waals surface area (Å²) in [5.41, 5.74) is 2.21. The third-order valence-corrected chi connectivity index (χ3v) is 4.70. The maximum absolute atomic E-state index is 13.3. The number of pyridine rings is 1. The minimum Gasteiger partial charge on any atom is -0.380 e. The van der Waals surface area contributed by atoms with Gasteiger partial charge in [0.2, 0.25) is 0 Å². The first-order chi connectivity index (χ1) is 12.2. The Morgan fingerprint density at radius 1 is 1.32 bits per heavy atom. The smallest absolute Gasteiger partial charge is 0.256 e. The molecule has 128 valence electrons. The molecular formula is C18H19N5O2. The SMILES string of the molecule is CO[C@@H]1C[C@@H](c2ncn[nH]2)N(C(=O)c2cccc3ccc(C)nc23)C1. The molecule has 0 spiro atoms. The van der Waals surface area contributed by atoms with E-state index in [0.29, 0.717) is 24.4 Å². The number of likely N-dealkylation sites (tertiary alicyclic amines) is 1. The van der Waals surface area contributed by atoms with Crippen LogP contribution in [-0.4, -0.2) is 50.7 Å². The van der Waals surface area contributed by atoms with E-state index in [9.17, 15) is 4.79 Å². The van der Waals surface area contributed by atoms with Gasteiger partial charge < -0.3 is 9.64 Å². The quantitative estimate of drug-likeness (QED) is 0.792. The lowest BCUT2D eigenvalue weighted by Crippen LogP contribution is -2.32. The van der Waals surface area contributed by atoms with Crippen LogP contribution in [0.2, 0.25) is 0 Å². The largest absolute Gasteiger partial charge is 0.380 e. The van der Waals surface area contributed by atoms with Crippen LogP contribution in [0.1, 0.15) is 34.3 Å². The lowest BCUT2D eigenvalue weighted by molar-refractivity contribution is 0.0686. The van der Waals surface area contributed by atoms with Gasteiger partial charge >= 0.3 is 0 Å². The summed E-state index contributed by atoms with van der Waals surface area (Å²) in [5.74, 6) is 0.613. The molecule has 2 aromatic heterocycles. The Morgan fingerprint density at radius 3 is 2.96 bits per heavy atom. The number of carbonyl (C=O) groups excluding carboxylic acids is 1. The van der Waals surface area contributed by atoms with Gasteiger partial charge in [0.25, 0.3) is 5.91 Å². The second kappa shape index (κ2) is 6.25. The Kier molecular flexibility index (Phi) is 3.93. The number of H-pyrrole nitrogens is 1. The van der Waals surface area contributed by atoms with Crippen molar-refractivity contribution in [3.63, 3.8) is 0 Å². The fourth-order valence-electron chi connectivity index (χ4n) is 3.40. The second-order valence-electron chi connectivity index (χ2n) is 6.27. The number of ether oxygens (including phenoxy) is 1. The van der Waals surface area contributed by atoms with Gasteiger partial charge in [0.05, 0.1) is 23.2 Å². The summed E-state index contributed by atoms with van der Waals surface area (Å²) in [6.07, 6.45) is 2.12. The van der Waals surface area contributed by atoms with E-state index in [0.717, 1.165) is 16.6 Å². The zero-order valence-electron chi connectivity index (χ0n) is 14.1. The van der Waals surface area contributed by atoms with Crippen LogP contribution in [0.15, 0.2) is 36.7 Å². The van der Waals surface area contributed by atoms with Crippen LogP contribution in [0.3, 0.4) is 0 Å². The Morgan fingerprint density at radius 2 is 2.20 bits per heavy atom. The number of para-hydroxylation sites is 1. The van der Waals surface area contributed by atoms with Gasteiger partial charge in [0.15, 0.2) is 0 Å². The molecule has 7 heteroatoms. The average molecular weight is 337 g/mol. The van der Waals surface area contributed by atoms with Crippen LogP contribution >= 0.6 is 0 Å². The normalized spacial score (nSPS) is 20.3. The number of hydrogen-bond donors (Lipinski definition) is 1. The molecule has 0 unspecified atom stereocenters. The maximum atomic E-state index is 13.3. The molecule has 0 bridgehead atoms. The van der Waals surface area contributed by atoms with Crippen molar-refractivity contribution < 1.29 is 9.53 Å². The fourth-order valence-corrected chi connectivity index (χ4v) is 3.40. The summed E-state index contributed by atoms with van der Waals surface area (Å²) >= 11 is 0. The molecule has 1 aromatic carbocycles. The lowest BCUT2D eigenvalue weighted by atomic mass is 10.1. The first-order valence-electron chi connectivity index (χ1n) is 8.23. The van der Waals surface area contributed by atoms with E-state index in [-0.39, 0.29) is 18.1 Å². The second-order valence-corrected chi connectivity index (χ2v) is 6.27. The standard InChI is InChI=1S/C18H19N5O2/c1-11-6-7-12-4-3-5-14(16(12)21-11)18(24)23-9-13(25-2)8-15(23)17-19-10-20-22-17/h3-7,10,13,15H,8-9H2,1-2H3,(H,19,20,22)/t13-,15+/m1/s1. The van der Waals surface area contributed by atoms with E-state index in [1.54, 1.807) is 12.0 Å². The van der Waals surface area contributed by atoms with Crippen molar-refractivity contribution >= 4 is 16.8 Å². The van der Waals surface area contributed by atoms with Gasteiger partial charge in [-0.25, -0.2) is 4.98 Å². The van der Waals surface area contributed by atoms with Crippen molar-refractivity contribution in [3.8, 4) is 0 Å². The van der Waals surface area contributed by atoms with Crippen LogP contribution < -0.4 is 0 Å². The zero-order chi connectivity index (χ0) is 17.4. The summed E-state index contributed by atoms with van der Waals surface area (Å²) < 4.78 is 5.49. The van der Waals surface area contributed by atoms with E-state index in [2.05, 4.69) is 20.2 Å². The Balaban J connectivity index is 1.75. The van der Waals surface area contributed by atoms with Gasteiger partial charge in [-0.05, 0) is 19.1 Å². The molecule has 1 N–H and O–H groups in total. The summed E-state index contributed by atoms with van der Waals surface area (Å²) in [6, 6.07) is 9.44. The first-order valence-corrected chi connectivity index (χ1v) is 8.23. The Labute approximate surface area is 145 Å². The number of aryl methyl sites for hydroxylation is 1. The predicted molar refractivity (Wildman–Crippen MR) is 92.1 cm³/mol. The van der Waals surface area contributed by atoms with E-state index in [4.69, 9.17) is 4.74 Å². The highest BCUT2D eigenvalue weighted by Crippen LogP contribution is 2.33. The number of carbonyl (C=O) groups is 1. The van der Waals surface area contributed by atoms with E-state index >= 15 is 0 Å². The van der Waals surface area contributed by atoms with E-state index in [1.165, 1.54) is 6.33 Å². The van der Waals surface area contributed by atoms with E-state index < -0.39 is 0 Å². The number of aromatic nitrogens is 4. The highest BCUT2D eigenvalue weighted by molar-refractivity contribution is 6.05. The number of fused-ring (bicyclic) bond motifs is 1. The monoisotopic (exact) mass is 337 g/mol. The highest BCUT2D eigenvalue weighted by atomic mass is 16.5.